The number of aromatic nitrogens is 2. The Labute approximate surface area is 84.5 Å². The summed E-state index contributed by atoms with van der Waals surface area (Å²) >= 11 is 0. The van der Waals surface area contributed by atoms with Gasteiger partial charge in [-0.1, -0.05) is 19.1 Å². The van der Waals surface area contributed by atoms with E-state index in [1.54, 1.807) is 0 Å². The fourth-order valence-corrected chi connectivity index (χ4v) is 1.57. The molecule has 0 N–H and O–H groups in total. The quantitative estimate of drug-likeness (QED) is 0.707. The maximum absolute atomic E-state index is 4.54. The standard InChI is InChI=1S/C12H16N2/c1-4-10-5-6-11-8-14(9(2)3)13-12(11)7-10/h5-9H,4H2,1-3H3. The predicted octanol–water partition coefficient (Wildman–Crippen LogP) is 3.18. The third kappa shape index (κ3) is 1.52. The van der Waals surface area contributed by atoms with Crippen molar-refractivity contribution in [3.05, 3.63) is 30.0 Å². The third-order valence-corrected chi connectivity index (χ3v) is 2.53. The molecule has 74 valence electrons. The molecule has 2 aromatic rings. The van der Waals surface area contributed by atoms with Crippen LogP contribution in [0.2, 0.25) is 0 Å². The summed E-state index contributed by atoms with van der Waals surface area (Å²) in [5, 5.41) is 5.77. The third-order valence-electron chi connectivity index (χ3n) is 2.53. The molecule has 0 atom stereocenters. The van der Waals surface area contributed by atoms with Crippen LogP contribution in [-0.2, 0) is 6.42 Å². The lowest BCUT2D eigenvalue weighted by atomic mass is 10.1. The van der Waals surface area contributed by atoms with Gasteiger partial charge in [0.25, 0.3) is 0 Å². The summed E-state index contributed by atoms with van der Waals surface area (Å²) in [6.45, 7) is 6.46. The molecular weight excluding hydrogens is 172 g/mol. The van der Waals surface area contributed by atoms with E-state index in [1.165, 1.54) is 10.9 Å². The van der Waals surface area contributed by atoms with Gasteiger partial charge in [-0.15, -0.1) is 0 Å². The van der Waals surface area contributed by atoms with E-state index < -0.39 is 0 Å². The van der Waals surface area contributed by atoms with Gasteiger partial charge >= 0.3 is 0 Å². The van der Waals surface area contributed by atoms with Crippen molar-refractivity contribution in [2.45, 2.75) is 33.2 Å². The molecule has 2 rings (SSSR count). The number of hydrogen-bond acceptors (Lipinski definition) is 1. The largest absolute Gasteiger partial charge is 0.269 e. The summed E-state index contributed by atoms with van der Waals surface area (Å²) in [7, 11) is 0. The zero-order chi connectivity index (χ0) is 10.1. The second-order valence-corrected chi connectivity index (χ2v) is 3.95. The molecular formula is C12H16N2. The van der Waals surface area contributed by atoms with Crippen LogP contribution >= 0.6 is 0 Å². The summed E-state index contributed by atoms with van der Waals surface area (Å²) in [6, 6.07) is 6.94. The minimum atomic E-state index is 0.437. The van der Waals surface area contributed by atoms with Crippen molar-refractivity contribution < 1.29 is 0 Å². The van der Waals surface area contributed by atoms with E-state index in [0.29, 0.717) is 6.04 Å². The molecule has 0 aliphatic rings. The minimum absolute atomic E-state index is 0.437. The van der Waals surface area contributed by atoms with Gasteiger partial charge in [-0.05, 0) is 31.9 Å². The van der Waals surface area contributed by atoms with Crippen LogP contribution in [0.4, 0.5) is 0 Å². The molecule has 14 heavy (non-hydrogen) atoms. The van der Waals surface area contributed by atoms with Crippen LogP contribution in [0, 0.1) is 0 Å². The molecule has 0 fully saturated rings. The molecule has 0 radical (unpaired) electrons. The maximum Gasteiger partial charge on any atom is 0.0926 e. The summed E-state index contributed by atoms with van der Waals surface area (Å²) in [4.78, 5) is 0. The van der Waals surface area contributed by atoms with Crippen LogP contribution in [0.3, 0.4) is 0 Å². The highest BCUT2D eigenvalue weighted by Gasteiger charge is 2.03. The Kier molecular flexibility index (Phi) is 2.28. The lowest BCUT2D eigenvalue weighted by molar-refractivity contribution is 0.537. The van der Waals surface area contributed by atoms with E-state index in [9.17, 15) is 0 Å². The van der Waals surface area contributed by atoms with Crippen molar-refractivity contribution in [3.8, 4) is 0 Å². The predicted molar refractivity (Wildman–Crippen MR) is 59.5 cm³/mol. The maximum atomic E-state index is 4.54. The Bertz CT molecular complexity index is 441. The SMILES string of the molecule is CCc1ccc2cn(C(C)C)nc2c1. The Morgan fingerprint density at radius 3 is 2.79 bits per heavy atom. The first-order chi connectivity index (χ1) is 6.70. The fraction of sp³-hybridized carbons (Fsp3) is 0.417. The lowest BCUT2D eigenvalue weighted by Gasteiger charge is -2.02. The number of rotatable bonds is 2. The monoisotopic (exact) mass is 188 g/mol. The molecule has 0 spiro atoms. The number of benzene rings is 1. The Balaban J connectivity index is 2.54. The molecule has 0 unspecified atom stereocenters. The Morgan fingerprint density at radius 1 is 1.36 bits per heavy atom. The van der Waals surface area contributed by atoms with E-state index >= 15 is 0 Å². The molecule has 1 aromatic carbocycles. The van der Waals surface area contributed by atoms with Gasteiger partial charge in [-0.2, -0.15) is 5.10 Å². The zero-order valence-electron chi connectivity index (χ0n) is 8.99. The van der Waals surface area contributed by atoms with Crippen molar-refractivity contribution in [3.63, 3.8) is 0 Å². The second kappa shape index (κ2) is 3.45. The fourth-order valence-electron chi connectivity index (χ4n) is 1.57. The van der Waals surface area contributed by atoms with E-state index in [1.807, 2.05) is 4.68 Å². The highest BCUT2D eigenvalue weighted by atomic mass is 15.3. The van der Waals surface area contributed by atoms with Crippen molar-refractivity contribution >= 4 is 10.9 Å². The molecule has 1 heterocycles. The van der Waals surface area contributed by atoms with Crippen LogP contribution in [0.5, 0.6) is 0 Å². The summed E-state index contributed by atoms with van der Waals surface area (Å²) in [5.74, 6) is 0. The normalized spacial score (nSPS) is 11.4. The molecule has 1 aromatic heterocycles. The smallest absolute Gasteiger partial charge is 0.0926 e. The second-order valence-electron chi connectivity index (χ2n) is 3.95. The molecule has 0 saturated heterocycles. The first-order valence-corrected chi connectivity index (χ1v) is 5.18. The van der Waals surface area contributed by atoms with Crippen LogP contribution in [0.1, 0.15) is 32.4 Å². The number of nitrogens with zero attached hydrogens (tertiary/aromatic N) is 2. The van der Waals surface area contributed by atoms with Crippen molar-refractivity contribution in [1.82, 2.24) is 9.78 Å². The average Bonchev–Trinajstić information content (AvgIpc) is 2.59. The van der Waals surface area contributed by atoms with Gasteiger partial charge in [0, 0.05) is 17.6 Å². The van der Waals surface area contributed by atoms with Gasteiger partial charge in [-0.3, -0.25) is 4.68 Å². The molecule has 0 saturated carbocycles. The van der Waals surface area contributed by atoms with Gasteiger partial charge in [0.2, 0.25) is 0 Å². The number of hydrogen-bond donors (Lipinski definition) is 0. The van der Waals surface area contributed by atoms with Crippen molar-refractivity contribution in [1.29, 1.82) is 0 Å². The van der Waals surface area contributed by atoms with Gasteiger partial charge < -0.3 is 0 Å². The lowest BCUT2D eigenvalue weighted by Crippen LogP contribution is -1.99. The number of aryl methyl sites for hydroxylation is 1. The highest BCUT2D eigenvalue weighted by Crippen LogP contribution is 2.16. The van der Waals surface area contributed by atoms with E-state index in [0.717, 1.165) is 11.9 Å². The number of fused-ring (bicyclic) bond motifs is 1. The zero-order valence-corrected chi connectivity index (χ0v) is 8.99. The molecule has 2 heteroatoms. The molecule has 0 aliphatic heterocycles. The van der Waals surface area contributed by atoms with E-state index in [4.69, 9.17) is 0 Å². The first-order valence-electron chi connectivity index (χ1n) is 5.18. The van der Waals surface area contributed by atoms with Crippen LogP contribution in [0.15, 0.2) is 24.4 Å². The van der Waals surface area contributed by atoms with Gasteiger partial charge in [0.05, 0.1) is 5.52 Å². The molecule has 0 aliphatic carbocycles. The van der Waals surface area contributed by atoms with Crippen LogP contribution < -0.4 is 0 Å². The topological polar surface area (TPSA) is 17.8 Å². The minimum Gasteiger partial charge on any atom is -0.269 e. The molecule has 0 bridgehead atoms. The summed E-state index contributed by atoms with van der Waals surface area (Å²) in [5.41, 5.74) is 2.46. The van der Waals surface area contributed by atoms with Crippen molar-refractivity contribution in [2.24, 2.45) is 0 Å². The summed E-state index contributed by atoms with van der Waals surface area (Å²) < 4.78 is 2.02. The van der Waals surface area contributed by atoms with Crippen LogP contribution in [0.25, 0.3) is 10.9 Å². The van der Waals surface area contributed by atoms with Gasteiger partial charge in [0.1, 0.15) is 0 Å². The summed E-state index contributed by atoms with van der Waals surface area (Å²) in [6.07, 6.45) is 3.18. The Hall–Kier alpha value is -1.31. The Morgan fingerprint density at radius 2 is 2.14 bits per heavy atom. The molecule has 2 nitrogen and oxygen atoms in total. The van der Waals surface area contributed by atoms with Gasteiger partial charge in [-0.25, -0.2) is 0 Å². The van der Waals surface area contributed by atoms with Crippen molar-refractivity contribution in [2.75, 3.05) is 0 Å². The van der Waals surface area contributed by atoms with Crippen LogP contribution in [-0.4, -0.2) is 9.78 Å². The van der Waals surface area contributed by atoms with E-state index in [2.05, 4.69) is 50.3 Å². The first kappa shape index (κ1) is 9.25. The van der Waals surface area contributed by atoms with Gasteiger partial charge in [0.15, 0.2) is 0 Å². The average molecular weight is 188 g/mol. The molecule has 0 amide bonds. The van der Waals surface area contributed by atoms with E-state index in [-0.39, 0.29) is 0 Å². The highest BCUT2D eigenvalue weighted by molar-refractivity contribution is 5.78.